The summed E-state index contributed by atoms with van der Waals surface area (Å²) >= 11 is 0. The predicted molar refractivity (Wildman–Crippen MR) is 85.8 cm³/mol. The first-order chi connectivity index (χ1) is 10.2. The Labute approximate surface area is 128 Å². The first-order valence-corrected chi connectivity index (χ1v) is 7.92. The van der Waals surface area contributed by atoms with Gasteiger partial charge in [0.05, 0.1) is 19.3 Å². The van der Waals surface area contributed by atoms with Gasteiger partial charge in [0, 0.05) is 19.7 Å². The highest BCUT2D eigenvalue weighted by molar-refractivity contribution is 5.28. The van der Waals surface area contributed by atoms with Crippen LogP contribution in [-0.2, 0) is 4.74 Å². The van der Waals surface area contributed by atoms with E-state index in [2.05, 4.69) is 18.7 Å². The SMILES string of the molecule is CCCOc1ccc(C(O)CN(CC)CCOCC)cc1. The highest BCUT2D eigenvalue weighted by atomic mass is 16.5. The number of nitrogens with zero attached hydrogens (tertiary/aromatic N) is 1. The van der Waals surface area contributed by atoms with Gasteiger partial charge < -0.3 is 14.6 Å². The van der Waals surface area contributed by atoms with E-state index in [0.717, 1.165) is 44.0 Å². The number of hydrogen-bond acceptors (Lipinski definition) is 4. The summed E-state index contributed by atoms with van der Waals surface area (Å²) in [6.07, 6.45) is 0.516. The number of aliphatic hydroxyl groups is 1. The van der Waals surface area contributed by atoms with Gasteiger partial charge in [0.1, 0.15) is 5.75 Å². The molecule has 1 rings (SSSR count). The molecule has 120 valence electrons. The molecule has 1 atom stereocenters. The Morgan fingerprint density at radius 2 is 1.81 bits per heavy atom. The molecule has 21 heavy (non-hydrogen) atoms. The van der Waals surface area contributed by atoms with Gasteiger partial charge in [0.25, 0.3) is 0 Å². The molecule has 0 fully saturated rings. The Bertz CT molecular complexity index is 367. The van der Waals surface area contributed by atoms with E-state index in [1.807, 2.05) is 31.2 Å². The minimum atomic E-state index is -0.480. The van der Waals surface area contributed by atoms with E-state index in [0.29, 0.717) is 13.2 Å². The number of ether oxygens (including phenoxy) is 2. The minimum Gasteiger partial charge on any atom is -0.494 e. The van der Waals surface area contributed by atoms with Crippen LogP contribution in [0.15, 0.2) is 24.3 Å². The maximum absolute atomic E-state index is 10.3. The molecule has 4 heteroatoms. The number of likely N-dealkylation sites (N-methyl/N-ethyl adjacent to an activating group) is 1. The third-order valence-electron chi connectivity index (χ3n) is 3.37. The van der Waals surface area contributed by atoms with Crippen LogP contribution in [0.5, 0.6) is 5.75 Å². The molecular formula is C17H29NO3. The average Bonchev–Trinajstić information content (AvgIpc) is 2.52. The van der Waals surface area contributed by atoms with Crippen LogP contribution in [0.1, 0.15) is 38.9 Å². The molecule has 0 aliphatic rings. The maximum atomic E-state index is 10.3. The van der Waals surface area contributed by atoms with Gasteiger partial charge in [-0.05, 0) is 37.6 Å². The topological polar surface area (TPSA) is 41.9 Å². The van der Waals surface area contributed by atoms with E-state index in [4.69, 9.17) is 9.47 Å². The van der Waals surface area contributed by atoms with Crippen LogP contribution in [-0.4, -0.2) is 49.5 Å². The molecule has 0 bridgehead atoms. The van der Waals surface area contributed by atoms with Gasteiger partial charge in [-0.1, -0.05) is 26.0 Å². The number of hydrogen-bond donors (Lipinski definition) is 1. The summed E-state index contributed by atoms with van der Waals surface area (Å²) in [6.45, 7) is 10.7. The highest BCUT2D eigenvalue weighted by Crippen LogP contribution is 2.19. The standard InChI is InChI=1S/C17H29NO3/c1-4-12-21-16-9-7-15(8-10-16)17(19)14-18(5-2)11-13-20-6-3/h7-10,17,19H,4-6,11-14H2,1-3H3. The van der Waals surface area contributed by atoms with Crippen LogP contribution in [0, 0.1) is 0 Å². The first kappa shape index (κ1) is 18.0. The summed E-state index contributed by atoms with van der Waals surface area (Å²) in [5, 5.41) is 10.3. The lowest BCUT2D eigenvalue weighted by atomic mass is 10.1. The van der Waals surface area contributed by atoms with Gasteiger partial charge in [0.2, 0.25) is 0 Å². The van der Waals surface area contributed by atoms with Crippen molar-refractivity contribution in [3.05, 3.63) is 29.8 Å². The van der Waals surface area contributed by atoms with E-state index in [-0.39, 0.29) is 0 Å². The zero-order valence-electron chi connectivity index (χ0n) is 13.5. The Kier molecular flexibility index (Phi) is 9.06. The molecular weight excluding hydrogens is 266 g/mol. The van der Waals surface area contributed by atoms with Crippen molar-refractivity contribution in [3.8, 4) is 5.75 Å². The molecule has 0 saturated carbocycles. The van der Waals surface area contributed by atoms with Crippen molar-refractivity contribution in [1.82, 2.24) is 4.90 Å². The number of benzene rings is 1. The first-order valence-electron chi connectivity index (χ1n) is 7.92. The molecule has 0 radical (unpaired) electrons. The molecule has 0 saturated heterocycles. The van der Waals surface area contributed by atoms with E-state index in [1.165, 1.54) is 0 Å². The zero-order chi connectivity index (χ0) is 15.5. The van der Waals surface area contributed by atoms with Gasteiger partial charge >= 0.3 is 0 Å². The molecule has 1 N–H and O–H groups in total. The second-order valence-electron chi connectivity index (χ2n) is 5.02. The van der Waals surface area contributed by atoms with Gasteiger partial charge in [-0.25, -0.2) is 0 Å². The number of rotatable bonds is 11. The molecule has 0 spiro atoms. The van der Waals surface area contributed by atoms with Crippen LogP contribution >= 0.6 is 0 Å². The molecule has 0 aromatic heterocycles. The fourth-order valence-corrected chi connectivity index (χ4v) is 2.07. The summed E-state index contributed by atoms with van der Waals surface area (Å²) in [6, 6.07) is 7.72. The summed E-state index contributed by atoms with van der Waals surface area (Å²) < 4.78 is 10.9. The minimum absolute atomic E-state index is 0.480. The fourth-order valence-electron chi connectivity index (χ4n) is 2.07. The average molecular weight is 295 g/mol. The van der Waals surface area contributed by atoms with Gasteiger partial charge in [-0.15, -0.1) is 0 Å². The molecule has 1 aromatic rings. The van der Waals surface area contributed by atoms with Crippen molar-refractivity contribution in [3.63, 3.8) is 0 Å². The van der Waals surface area contributed by atoms with Crippen molar-refractivity contribution in [1.29, 1.82) is 0 Å². The van der Waals surface area contributed by atoms with E-state index in [9.17, 15) is 5.11 Å². The summed E-state index contributed by atoms with van der Waals surface area (Å²) in [7, 11) is 0. The lowest BCUT2D eigenvalue weighted by Crippen LogP contribution is -2.31. The third kappa shape index (κ3) is 6.93. The number of aliphatic hydroxyl groups excluding tert-OH is 1. The largest absolute Gasteiger partial charge is 0.494 e. The van der Waals surface area contributed by atoms with Gasteiger partial charge in [0.15, 0.2) is 0 Å². The Hall–Kier alpha value is -1.10. The predicted octanol–water partition coefficient (Wildman–Crippen LogP) is 2.87. The third-order valence-corrected chi connectivity index (χ3v) is 3.37. The summed E-state index contributed by atoms with van der Waals surface area (Å²) in [5.41, 5.74) is 0.925. The Morgan fingerprint density at radius 1 is 1.10 bits per heavy atom. The molecule has 0 aliphatic carbocycles. The van der Waals surface area contributed by atoms with E-state index < -0.39 is 6.10 Å². The van der Waals surface area contributed by atoms with Gasteiger partial charge in [-0.2, -0.15) is 0 Å². The van der Waals surface area contributed by atoms with E-state index in [1.54, 1.807) is 0 Å². The molecule has 1 aromatic carbocycles. The second-order valence-corrected chi connectivity index (χ2v) is 5.02. The Morgan fingerprint density at radius 3 is 2.38 bits per heavy atom. The van der Waals surface area contributed by atoms with Crippen molar-refractivity contribution in [2.45, 2.75) is 33.3 Å². The molecule has 1 unspecified atom stereocenters. The normalized spacial score (nSPS) is 12.6. The van der Waals surface area contributed by atoms with Gasteiger partial charge in [-0.3, -0.25) is 4.90 Å². The van der Waals surface area contributed by atoms with Crippen LogP contribution in [0.2, 0.25) is 0 Å². The molecule has 0 amide bonds. The van der Waals surface area contributed by atoms with Crippen molar-refractivity contribution in [2.75, 3.05) is 39.5 Å². The molecule has 0 heterocycles. The van der Waals surface area contributed by atoms with Crippen LogP contribution in [0.4, 0.5) is 0 Å². The van der Waals surface area contributed by atoms with Crippen LogP contribution < -0.4 is 4.74 Å². The smallest absolute Gasteiger partial charge is 0.119 e. The quantitative estimate of drug-likeness (QED) is 0.637. The summed E-state index contributed by atoms with van der Waals surface area (Å²) in [5.74, 6) is 0.858. The monoisotopic (exact) mass is 295 g/mol. The molecule has 4 nitrogen and oxygen atoms in total. The lowest BCUT2D eigenvalue weighted by Gasteiger charge is -2.23. The maximum Gasteiger partial charge on any atom is 0.119 e. The molecule has 0 aliphatic heterocycles. The Balaban J connectivity index is 2.47. The van der Waals surface area contributed by atoms with Crippen molar-refractivity contribution in [2.24, 2.45) is 0 Å². The fraction of sp³-hybridized carbons (Fsp3) is 0.647. The summed E-state index contributed by atoms with van der Waals surface area (Å²) in [4.78, 5) is 2.20. The van der Waals surface area contributed by atoms with Crippen molar-refractivity contribution < 1.29 is 14.6 Å². The van der Waals surface area contributed by atoms with E-state index >= 15 is 0 Å². The highest BCUT2D eigenvalue weighted by Gasteiger charge is 2.12. The van der Waals surface area contributed by atoms with Crippen LogP contribution in [0.25, 0.3) is 0 Å². The van der Waals surface area contributed by atoms with Crippen molar-refractivity contribution >= 4 is 0 Å². The van der Waals surface area contributed by atoms with Crippen LogP contribution in [0.3, 0.4) is 0 Å². The lowest BCUT2D eigenvalue weighted by molar-refractivity contribution is 0.0792. The zero-order valence-corrected chi connectivity index (χ0v) is 13.5. The second kappa shape index (κ2) is 10.6.